The van der Waals surface area contributed by atoms with E-state index in [1.165, 1.54) is 19.2 Å². The molecule has 0 aliphatic carbocycles. The van der Waals surface area contributed by atoms with Crippen LogP contribution in [0, 0.1) is 5.82 Å². The number of nitrogens with zero attached hydrogens (tertiary/aromatic N) is 2. The summed E-state index contributed by atoms with van der Waals surface area (Å²) in [4.78, 5) is 21.0. The van der Waals surface area contributed by atoms with E-state index in [1.807, 2.05) is 36.4 Å². The summed E-state index contributed by atoms with van der Waals surface area (Å²) in [7, 11) is 1.30. The summed E-state index contributed by atoms with van der Waals surface area (Å²) in [5.74, 6) is -0.566. The highest BCUT2D eigenvalue weighted by atomic mass is 19.1. The molecule has 0 atom stereocenters. The molecular formula is C24H19FN2O3. The lowest BCUT2D eigenvalue weighted by atomic mass is 10.0. The standard InChI is InChI=1S/C24H19FN2O3/c1-29-24(28)22-23(30-15-17-5-3-2-4-6-17)21-19(14-27-22)12-18(13-26-21)11-16-7-9-20(25)10-8-16/h2-10,12-14H,11,15H2,1H3. The Balaban J connectivity index is 1.68. The maximum atomic E-state index is 13.1. The Hall–Kier alpha value is -3.80. The van der Waals surface area contributed by atoms with Crippen molar-refractivity contribution in [1.29, 1.82) is 0 Å². The van der Waals surface area contributed by atoms with Crippen LogP contribution in [0.25, 0.3) is 10.9 Å². The summed E-state index contributed by atoms with van der Waals surface area (Å²) in [6.45, 7) is 0.268. The predicted molar refractivity (Wildman–Crippen MR) is 111 cm³/mol. The summed E-state index contributed by atoms with van der Waals surface area (Å²) in [5, 5.41) is 0.741. The summed E-state index contributed by atoms with van der Waals surface area (Å²) in [6, 6.07) is 17.9. The molecule has 0 unspecified atom stereocenters. The van der Waals surface area contributed by atoms with E-state index in [2.05, 4.69) is 9.97 Å². The number of esters is 1. The van der Waals surface area contributed by atoms with Crippen LogP contribution >= 0.6 is 0 Å². The maximum Gasteiger partial charge on any atom is 0.360 e. The molecule has 150 valence electrons. The first kappa shape index (κ1) is 19.5. The molecule has 0 spiro atoms. The van der Waals surface area contributed by atoms with E-state index < -0.39 is 5.97 Å². The van der Waals surface area contributed by atoms with Crippen LogP contribution in [0.4, 0.5) is 4.39 Å². The molecule has 0 saturated heterocycles. The zero-order valence-corrected chi connectivity index (χ0v) is 16.3. The zero-order chi connectivity index (χ0) is 20.9. The number of rotatable bonds is 6. The van der Waals surface area contributed by atoms with Crippen molar-refractivity contribution in [3.05, 3.63) is 101 Å². The van der Waals surface area contributed by atoms with Gasteiger partial charge in [0.2, 0.25) is 0 Å². The second kappa shape index (κ2) is 8.69. The number of hydrogen-bond acceptors (Lipinski definition) is 5. The van der Waals surface area contributed by atoms with Gasteiger partial charge < -0.3 is 9.47 Å². The van der Waals surface area contributed by atoms with E-state index in [4.69, 9.17) is 9.47 Å². The van der Waals surface area contributed by atoms with E-state index in [0.717, 1.165) is 22.1 Å². The minimum absolute atomic E-state index is 0.0831. The smallest absolute Gasteiger partial charge is 0.360 e. The lowest BCUT2D eigenvalue weighted by Crippen LogP contribution is -2.09. The highest BCUT2D eigenvalue weighted by Gasteiger charge is 2.20. The first-order chi connectivity index (χ1) is 14.6. The molecule has 6 heteroatoms. The number of hydrogen-bond donors (Lipinski definition) is 0. The van der Waals surface area contributed by atoms with Gasteiger partial charge in [-0.25, -0.2) is 14.2 Å². The topological polar surface area (TPSA) is 61.3 Å². The van der Waals surface area contributed by atoms with Gasteiger partial charge in [-0.15, -0.1) is 0 Å². The number of methoxy groups -OCH3 is 1. The molecule has 0 N–H and O–H groups in total. The highest BCUT2D eigenvalue weighted by Crippen LogP contribution is 2.29. The molecule has 0 aliphatic heterocycles. The zero-order valence-electron chi connectivity index (χ0n) is 16.3. The average molecular weight is 402 g/mol. The van der Waals surface area contributed by atoms with Gasteiger partial charge in [0.1, 0.15) is 17.9 Å². The van der Waals surface area contributed by atoms with Crippen molar-refractivity contribution in [3.63, 3.8) is 0 Å². The van der Waals surface area contributed by atoms with Crippen LogP contribution in [0.5, 0.6) is 5.75 Å². The normalized spacial score (nSPS) is 10.7. The predicted octanol–water partition coefficient (Wildman–Crippen LogP) is 4.73. The summed E-state index contributed by atoms with van der Waals surface area (Å²) in [5.41, 5.74) is 3.48. The number of carbonyl (C=O) groups excluding carboxylic acids is 1. The van der Waals surface area contributed by atoms with Crippen LogP contribution < -0.4 is 4.74 Å². The van der Waals surface area contributed by atoms with Crippen LogP contribution in [0.2, 0.25) is 0 Å². The Morgan fingerprint density at radius 3 is 2.43 bits per heavy atom. The second-order valence-electron chi connectivity index (χ2n) is 6.79. The molecule has 0 bridgehead atoms. The molecule has 4 aromatic rings. The molecule has 0 amide bonds. The van der Waals surface area contributed by atoms with Crippen molar-refractivity contribution in [2.75, 3.05) is 7.11 Å². The third-order valence-electron chi connectivity index (χ3n) is 4.66. The van der Waals surface area contributed by atoms with Gasteiger partial charge in [0.15, 0.2) is 11.4 Å². The number of aromatic nitrogens is 2. The first-order valence-corrected chi connectivity index (χ1v) is 9.41. The Morgan fingerprint density at radius 1 is 0.933 bits per heavy atom. The number of benzene rings is 2. The van der Waals surface area contributed by atoms with Crippen molar-refractivity contribution in [2.45, 2.75) is 13.0 Å². The van der Waals surface area contributed by atoms with Gasteiger partial charge in [0.05, 0.1) is 7.11 Å². The van der Waals surface area contributed by atoms with Gasteiger partial charge in [-0.1, -0.05) is 42.5 Å². The lowest BCUT2D eigenvalue weighted by Gasteiger charge is -2.13. The van der Waals surface area contributed by atoms with Gasteiger partial charge in [0, 0.05) is 17.8 Å². The molecule has 2 aromatic heterocycles. The second-order valence-corrected chi connectivity index (χ2v) is 6.79. The van der Waals surface area contributed by atoms with Crippen LogP contribution in [-0.2, 0) is 17.8 Å². The van der Waals surface area contributed by atoms with Crippen LogP contribution in [0.15, 0.2) is 73.1 Å². The number of fused-ring (bicyclic) bond motifs is 1. The quantitative estimate of drug-likeness (QED) is 0.437. The maximum absolute atomic E-state index is 13.1. The average Bonchev–Trinajstić information content (AvgIpc) is 2.79. The van der Waals surface area contributed by atoms with Crippen LogP contribution in [0.3, 0.4) is 0 Å². The van der Waals surface area contributed by atoms with Crippen molar-refractivity contribution in [3.8, 4) is 5.75 Å². The number of halogens is 1. The van der Waals surface area contributed by atoms with Crippen molar-refractivity contribution >= 4 is 16.9 Å². The number of pyridine rings is 2. The third-order valence-corrected chi connectivity index (χ3v) is 4.66. The van der Waals surface area contributed by atoms with Crippen LogP contribution in [0.1, 0.15) is 27.2 Å². The molecule has 2 aromatic carbocycles. The highest BCUT2D eigenvalue weighted by molar-refractivity contribution is 5.97. The molecular weight excluding hydrogens is 383 g/mol. The van der Waals surface area contributed by atoms with Gasteiger partial charge in [-0.2, -0.15) is 0 Å². The Labute approximate surface area is 173 Å². The Kier molecular flexibility index (Phi) is 5.66. The molecule has 0 fully saturated rings. The van der Waals surface area contributed by atoms with Crippen molar-refractivity contribution in [2.24, 2.45) is 0 Å². The largest absolute Gasteiger partial charge is 0.484 e. The Bertz CT molecular complexity index is 1180. The fraction of sp³-hybridized carbons (Fsp3) is 0.125. The first-order valence-electron chi connectivity index (χ1n) is 9.41. The minimum Gasteiger partial charge on any atom is -0.484 e. The SMILES string of the molecule is COC(=O)c1ncc2cc(Cc3ccc(F)cc3)cnc2c1OCc1ccccc1. The summed E-state index contributed by atoms with van der Waals surface area (Å²) in [6.07, 6.45) is 3.91. The number of carbonyl (C=O) groups is 1. The number of ether oxygens (including phenoxy) is 2. The van der Waals surface area contributed by atoms with E-state index in [1.54, 1.807) is 24.5 Å². The van der Waals surface area contributed by atoms with E-state index in [0.29, 0.717) is 11.9 Å². The van der Waals surface area contributed by atoms with Crippen LogP contribution in [-0.4, -0.2) is 23.0 Å². The molecule has 2 heterocycles. The van der Waals surface area contributed by atoms with Gasteiger partial charge in [-0.3, -0.25) is 4.98 Å². The molecule has 5 nitrogen and oxygen atoms in total. The van der Waals surface area contributed by atoms with Gasteiger partial charge in [-0.05, 0) is 41.3 Å². The van der Waals surface area contributed by atoms with Crippen molar-refractivity contribution < 1.29 is 18.7 Å². The summed E-state index contributed by atoms with van der Waals surface area (Å²) < 4.78 is 23.9. The molecule has 0 radical (unpaired) electrons. The molecule has 0 saturated carbocycles. The Morgan fingerprint density at radius 2 is 1.70 bits per heavy atom. The monoisotopic (exact) mass is 402 g/mol. The lowest BCUT2D eigenvalue weighted by molar-refractivity contribution is 0.0588. The molecule has 4 rings (SSSR count). The van der Waals surface area contributed by atoms with E-state index in [9.17, 15) is 9.18 Å². The van der Waals surface area contributed by atoms with Gasteiger partial charge in [0.25, 0.3) is 0 Å². The van der Waals surface area contributed by atoms with E-state index in [-0.39, 0.29) is 23.9 Å². The fourth-order valence-corrected chi connectivity index (χ4v) is 3.16. The van der Waals surface area contributed by atoms with Gasteiger partial charge >= 0.3 is 5.97 Å². The summed E-state index contributed by atoms with van der Waals surface area (Å²) >= 11 is 0. The minimum atomic E-state index is -0.586. The van der Waals surface area contributed by atoms with E-state index >= 15 is 0 Å². The third kappa shape index (κ3) is 4.27. The molecule has 30 heavy (non-hydrogen) atoms. The fourth-order valence-electron chi connectivity index (χ4n) is 3.16. The molecule has 0 aliphatic rings. The van der Waals surface area contributed by atoms with Crippen molar-refractivity contribution in [1.82, 2.24) is 9.97 Å².